The molecule has 1 aliphatic rings. The van der Waals surface area contributed by atoms with Gasteiger partial charge in [-0.1, -0.05) is 6.42 Å². The number of rotatable bonds is 9. The van der Waals surface area contributed by atoms with Crippen LogP contribution in [0.5, 0.6) is 17.2 Å². The second-order valence-corrected chi connectivity index (χ2v) is 10.1. The molecule has 0 atom stereocenters. The number of nitrogens with zero attached hydrogens (tertiary/aromatic N) is 1. The highest BCUT2D eigenvalue weighted by Crippen LogP contribution is 2.41. The highest BCUT2D eigenvalue weighted by atomic mass is 32.1. The van der Waals surface area contributed by atoms with Crippen molar-refractivity contribution >= 4 is 27.1 Å². The Morgan fingerprint density at radius 1 is 0.833 bits per heavy atom. The molecule has 3 aromatic carbocycles. The van der Waals surface area contributed by atoms with Gasteiger partial charge in [-0.05, 0) is 98.2 Å². The summed E-state index contributed by atoms with van der Waals surface area (Å²) in [6.45, 7) is 4.01. The molecule has 1 saturated heterocycles. The van der Waals surface area contributed by atoms with Crippen molar-refractivity contribution in [3.05, 3.63) is 77.9 Å². The third kappa shape index (κ3) is 5.25. The van der Waals surface area contributed by atoms with Gasteiger partial charge in [0.25, 0.3) is 0 Å². The molecule has 1 aliphatic heterocycles. The number of fused-ring (bicyclic) bond motifs is 1. The normalized spacial score (nSPS) is 14.1. The fraction of sp³-hybridized carbons (Fsp3) is 0.300. The molecule has 0 unspecified atom stereocenters. The zero-order valence-corrected chi connectivity index (χ0v) is 21.7. The van der Waals surface area contributed by atoms with E-state index in [-0.39, 0.29) is 0 Å². The molecule has 1 fully saturated rings. The number of hydrogen-bond acceptors (Lipinski definition) is 6. The molecular weight excluding hydrogens is 468 g/mol. The van der Waals surface area contributed by atoms with Crippen LogP contribution >= 0.6 is 11.3 Å². The van der Waals surface area contributed by atoms with E-state index in [2.05, 4.69) is 23.1 Å². The van der Waals surface area contributed by atoms with Crippen molar-refractivity contribution in [1.29, 1.82) is 5.41 Å². The molecule has 0 amide bonds. The number of methoxy groups -OCH3 is 2. The van der Waals surface area contributed by atoms with Gasteiger partial charge in [0.05, 0.1) is 19.9 Å². The summed E-state index contributed by atoms with van der Waals surface area (Å²) in [5.41, 5.74) is 3.36. The van der Waals surface area contributed by atoms with E-state index in [1.807, 2.05) is 48.5 Å². The SMILES string of the molecule is COc1ccc(-c2sc3cc(OC)ccc3c2C(=N)c2ccc(OCCN3CCCCC3)cc2)cc1. The Morgan fingerprint density at radius 3 is 2.19 bits per heavy atom. The fourth-order valence-corrected chi connectivity index (χ4v) is 5.98. The van der Waals surface area contributed by atoms with E-state index in [0.29, 0.717) is 12.3 Å². The lowest BCUT2D eigenvalue weighted by Crippen LogP contribution is -2.33. The maximum absolute atomic E-state index is 9.18. The predicted molar refractivity (Wildman–Crippen MR) is 149 cm³/mol. The van der Waals surface area contributed by atoms with Crippen molar-refractivity contribution in [3.8, 4) is 27.7 Å². The molecule has 0 saturated carbocycles. The van der Waals surface area contributed by atoms with Crippen LogP contribution in [-0.4, -0.2) is 51.1 Å². The predicted octanol–water partition coefficient (Wildman–Crippen LogP) is 6.87. The van der Waals surface area contributed by atoms with Crippen LogP contribution in [0.3, 0.4) is 0 Å². The van der Waals surface area contributed by atoms with E-state index in [1.54, 1.807) is 25.6 Å². The molecule has 0 radical (unpaired) electrons. The monoisotopic (exact) mass is 500 g/mol. The maximum atomic E-state index is 9.18. The van der Waals surface area contributed by atoms with Crippen LogP contribution < -0.4 is 14.2 Å². The van der Waals surface area contributed by atoms with Gasteiger partial charge in [-0.25, -0.2) is 0 Å². The summed E-state index contributed by atoms with van der Waals surface area (Å²) >= 11 is 1.68. The first-order valence-electron chi connectivity index (χ1n) is 12.5. The minimum Gasteiger partial charge on any atom is -0.497 e. The van der Waals surface area contributed by atoms with Crippen molar-refractivity contribution in [1.82, 2.24) is 4.90 Å². The van der Waals surface area contributed by atoms with E-state index in [4.69, 9.17) is 14.2 Å². The van der Waals surface area contributed by atoms with Gasteiger partial charge in [0.1, 0.15) is 23.9 Å². The average molecular weight is 501 g/mol. The Hall–Kier alpha value is -3.35. The van der Waals surface area contributed by atoms with Crippen LogP contribution in [0.1, 0.15) is 30.4 Å². The van der Waals surface area contributed by atoms with Gasteiger partial charge in [-0.15, -0.1) is 11.3 Å². The molecule has 5 rings (SSSR count). The summed E-state index contributed by atoms with van der Waals surface area (Å²) in [5.74, 6) is 2.47. The highest BCUT2D eigenvalue weighted by molar-refractivity contribution is 7.22. The van der Waals surface area contributed by atoms with Crippen molar-refractivity contribution in [2.75, 3.05) is 40.5 Å². The zero-order chi connectivity index (χ0) is 24.9. The lowest BCUT2D eigenvalue weighted by molar-refractivity contribution is 0.183. The maximum Gasteiger partial charge on any atom is 0.120 e. The zero-order valence-electron chi connectivity index (χ0n) is 20.9. The van der Waals surface area contributed by atoms with Crippen LogP contribution in [0.4, 0.5) is 0 Å². The molecule has 0 spiro atoms. The van der Waals surface area contributed by atoms with Crippen molar-refractivity contribution in [2.24, 2.45) is 0 Å². The van der Waals surface area contributed by atoms with Crippen LogP contribution in [-0.2, 0) is 0 Å². The number of hydrogen-bond donors (Lipinski definition) is 1. The Bertz CT molecular complexity index is 1320. The molecule has 2 heterocycles. The molecule has 36 heavy (non-hydrogen) atoms. The average Bonchev–Trinajstić information content (AvgIpc) is 3.32. The van der Waals surface area contributed by atoms with E-state index >= 15 is 0 Å². The molecular formula is C30H32N2O3S. The third-order valence-corrected chi connectivity index (χ3v) is 7.97. The van der Waals surface area contributed by atoms with E-state index < -0.39 is 0 Å². The van der Waals surface area contributed by atoms with Crippen molar-refractivity contribution in [2.45, 2.75) is 19.3 Å². The Morgan fingerprint density at radius 2 is 1.50 bits per heavy atom. The number of benzene rings is 3. The van der Waals surface area contributed by atoms with Gasteiger partial charge in [-0.3, -0.25) is 10.3 Å². The molecule has 0 bridgehead atoms. The molecule has 186 valence electrons. The Kier molecular flexibility index (Phi) is 7.54. The molecule has 0 aliphatic carbocycles. The minimum absolute atomic E-state index is 0.497. The molecule has 1 aromatic heterocycles. The quantitative estimate of drug-likeness (QED) is 0.255. The van der Waals surface area contributed by atoms with Crippen LogP contribution in [0, 0.1) is 5.41 Å². The summed E-state index contributed by atoms with van der Waals surface area (Å²) in [6.07, 6.45) is 3.93. The van der Waals surface area contributed by atoms with Gasteiger partial charge in [0.2, 0.25) is 0 Å². The molecule has 4 aromatic rings. The van der Waals surface area contributed by atoms with Crippen LogP contribution in [0.25, 0.3) is 20.5 Å². The number of nitrogens with one attached hydrogen (secondary N) is 1. The van der Waals surface area contributed by atoms with E-state index in [0.717, 1.165) is 55.4 Å². The largest absolute Gasteiger partial charge is 0.497 e. The number of ether oxygens (including phenoxy) is 3. The first-order chi connectivity index (χ1) is 17.7. The summed E-state index contributed by atoms with van der Waals surface area (Å²) < 4.78 is 17.9. The van der Waals surface area contributed by atoms with E-state index in [1.165, 1.54) is 32.4 Å². The summed E-state index contributed by atoms with van der Waals surface area (Å²) in [6, 6.07) is 22.0. The Labute approximate surface area is 216 Å². The minimum atomic E-state index is 0.497. The molecule has 1 N–H and O–H groups in total. The van der Waals surface area contributed by atoms with Crippen molar-refractivity contribution in [3.63, 3.8) is 0 Å². The highest BCUT2D eigenvalue weighted by Gasteiger charge is 2.20. The standard InChI is InChI=1S/C30H32N2O3S/c1-33-23-10-8-22(9-11-23)30-28(26-15-14-25(34-2)20-27(26)36-30)29(31)21-6-12-24(13-7-21)35-19-18-32-16-4-3-5-17-32/h6-15,20,31H,3-5,16-19H2,1-2H3. The fourth-order valence-electron chi connectivity index (χ4n) is 4.74. The topological polar surface area (TPSA) is 54.8 Å². The number of piperidine rings is 1. The lowest BCUT2D eigenvalue weighted by atomic mass is 9.97. The molecule has 5 nitrogen and oxygen atoms in total. The first kappa shape index (κ1) is 24.3. The number of thiophene rings is 1. The molecule has 6 heteroatoms. The van der Waals surface area contributed by atoms with Crippen LogP contribution in [0.2, 0.25) is 0 Å². The first-order valence-corrected chi connectivity index (χ1v) is 13.3. The van der Waals surface area contributed by atoms with Gasteiger partial charge in [-0.2, -0.15) is 0 Å². The second-order valence-electron chi connectivity index (χ2n) is 9.05. The third-order valence-electron chi connectivity index (χ3n) is 6.77. The van der Waals surface area contributed by atoms with Gasteiger partial charge in [0.15, 0.2) is 0 Å². The number of likely N-dealkylation sites (tertiary alicyclic amines) is 1. The van der Waals surface area contributed by atoms with Crippen molar-refractivity contribution < 1.29 is 14.2 Å². The van der Waals surface area contributed by atoms with Gasteiger partial charge in [0, 0.05) is 32.6 Å². The Balaban J connectivity index is 1.40. The second kappa shape index (κ2) is 11.1. The summed E-state index contributed by atoms with van der Waals surface area (Å²) in [5, 5.41) is 10.2. The van der Waals surface area contributed by atoms with Gasteiger partial charge < -0.3 is 14.2 Å². The lowest BCUT2D eigenvalue weighted by Gasteiger charge is -2.26. The summed E-state index contributed by atoms with van der Waals surface area (Å²) in [7, 11) is 3.35. The summed E-state index contributed by atoms with van der Waals surface area (Å²) in [4.78, 5) is 3.54. The van der Waals surface area contributed by atoms with Crippen LogP contribution in [0.15, 0.2) is 66.7 Å². The van der Waals surface area contributed by atoms with E-state index in [9.17, 15) is 5.41 Å². The smallest absolute Gasteiger partial charge is 0.120 e. The van der Waals surface area contributed by atoms with Gasteiger partial charge >= 0.3 is 0 Å².